The third kappa shape index (κ3) is 5.18. The highest BCUT2D eigenvalue weighted by atomic mass is 19.3. The van der Waals surface area contributed by atoms with Gasteiger partial charge < -0.3 is 5.32 Å². The van der Waals surface area contributed by atoms with Crippen molar-refractivity contribution >= 4 is 17.8 Å². The molecule has 7 nitrogen and oxygen atoms in total. The molecule has 1 aliphatic rings. The summed E-state index contributed by atoms with van der Waals surface area (Å²) in [6, 6.07) is 6.22. The first kappa shape index (κ1) is 21.1. The van der Waals surface area contributed by atoms with E-state index in [2.05, 4.69) is 15.3 Å². The van der Waals surface area contributed by atoms with Gasteiger partial charge in [0.2, 0.25) is 5.95 Å². The van der Waals surface area contributed by atoms with Gasteiger partial charge in [-0.1, -0.05) is 26.0 Å². The Labute approximate surface area is 159 Å². The molecule has 10 heteroatoms. The molecule has 1 heterocycles. The van der Waals surface area contributed by atoms with E-state index in [1.807, 2.05) is 19.3 Å². The summed E-state index contributed by atoms with van der Waals surface area (Å²) in [4.78, 5) is 30.4. The van der Waals surface area contributed by atoms with Gasteiger partial charge in [-0.15, -0.1) is 0 Å². The van der Waals surface area contributed by atoms with Gasteiger partial charge in [-0.3, -0.25) is 20.4 Å². The van der Waals surface area contributed by atoms with Crippen LogP contribution >= 0.6 is 0 Å². The number of alkyl halides is 2. The normalized spacial score (nSPS) is 13.8. The van der Waals surface area contributed by atoms with Crippen LogP contribution in [0.1, 0.15) is 42.6 Å². The zero-order valence-corrected chi connectivity index (χ0v) is 15.3. The average molecular weight is 395 g/mol. The fraction of sp³-hybridized carbons (Fsp3) is 0.333. The van der Waals surface area contributed by atoms with E-state index >= 15 is 0 Å². The fourth-order valence-corrected chi connectivity index (χ4v) is 2.37. The van der Waals surface area contributed by atoms with Gasteiger partial charge in [0.25, 0.3) is 5.91 Å². The number of carbonyl (C=O) groups is 2. The Morgan fingerprint density at radius 2 is 1.75 bits per heavy atom. The minimum absolute atomic E-state index is 0.0271. The second kappa shape index (κ2) is 9.16. The Morgan fingerprint density at radius 1 is 1.11 bits per heavy atom. The van der Waals surface area contributed by atoms with E-state index in [4.69, 9.17) is 0 Å². The van der Waals surface area contributed by atoms with Gasteiger partial charge in [0.1, 0.15) is 5.82 Å². The molecule has 0 radical (unpaired) electrons. The molecule has 1 aromatic heterocycles. The van der Waals surface area contributed by atoms with Crippen molar-refractivity contribution < 1.29 is 22.8 Å². The lowest BCUT2D eigenvalue weighted by atomic mass is 10.1. The molecule has 1 aromatic carbocycles. The Balaban J connectivity index is 0.00000136. The van der Waals surface area contributed by atoms with Gasteiger partial charge in [-0.2, -0.15) is 8.78 Å². The van der Waals surface area contributed by atoms with Crippen LogP contribution in [0.2, 0.25) is 0 Å². The lowest BCUT2D eigenvalue weighted by Gasteiger charge is -2.18. The highest BCUT2D eigenvalue weighted by Gasteiger charge is 2.45. The zero-order chi connectivity index (χ0) is 20.7. The van der Waals surface area contributed by atoms with Gasteiger partial charge >= 0.3 is 12.3 Å². The van der Waals surface area contributed by atoms with E-state index in [9.17, 15) is 22.8 Å². The molecule has 0 spiro atoms. The fourth-order valence-electron chi connectivity index (χ4n) is 2.37. The minimum Gasteiger partial charge on any atom is -0.345 e. The Morgan fingerprint density at radius 3 is 2.29 bits per heavy atom. The number of nitrogens with zero attached hydrogens (tertiary/aromatic N) is 2. The number of rotatable bonds is 5. The summed E-state index contributed by atoms with van der Waals surface area (Å²) < 4.78 is 37.5. The number of amides is 2. The zero-order valence-electron chi connectivity index (χ0n) is 15.3. The molecule has 1 saturated carbocycles. The molecule has 150 valence electrons. The summed E-state index contributed by atoms with van der Waals surface area (Å²) in [6.07, 6.45) is 0.682. The van der Waals surface area contributed by atoms with E-state index < -0.39 is 23.8 Å². The summed E-state index contributed by atoms with van der Waals surface area (Å²) in [6.45, 7) is 4.00. The van der Waals surface area contributed by atoms with Crippen LogP contribution in [-0.4, -0.2) is 28.2 Å². The molecule has 0 saturated heterocycles. The Hall–Kier alpha value is -3.17. The summed E-state index contributed by atoms with van der Waals surface area (Å²) in [7, 11) is 0. The molecule has 3 rings (SSSR count). The first-order chi connectivity index (χ1) is 13.4. The van der Waals surface area contributed by atoms with E-state index in [0.717, 1.165) is 18.4 Å². The maximum Gasteiger partial charge on any atom is 0.317 e. The second-order valence-electron chi connectivity index (χ2n) is 5.76. The van der Waals surface area contributed by atoms with Crippen LogP contribution in [0, 0.1) is 5.82 Å². The summed E-state index contributed by atoms with van der Waals surface area (Å²) >= 11 is 0. The van der Waals surface area contributed by atoms with E-state index in [0.29, 0.717) is 0 Å². The lowest BCUT2D eigenvalue weighted by molar-refractivity contribution is -0.132. The number of nitrogens with one attached hydrogen (secondary N) is 3. The van der Waals surface area contributed by atoms with Gasteiger partial charge in [0, 0.05) is 12.4 Å². The number of hydrogen-bond acceptors (Lipinski definition) is 5. The predicted molar refractivity (Wildman–Crippen MR) is 95.9 cm³/mol. The van der Waals surface area contributed by atoms with Crippen LogP contribution in [0.4, 0.5) is 19.1 Å². The summed E-state index contributed by atoms with van der Waals surface area (Å²) in [5, 5.41) is 3.11. The molecule has 2 amide bonds. The van der Waals surface area contributed by atoms with Crippen LogP contribution < -0.4 is 16.2 Å². The van der Waals surface area contributed by atoms with Crippen molar-refractivity contribution in [3.63, 3.8) is 0 Å². The van der Waals surface area contributed by atoms with E-state index in [1.165, 1.54) is 24.5 Å². The maximum absolute atomic E-state index is 13.4. The highest BCUT2D eigenvalue weighted by molar-refractivity contribution is 5.95. The Kier molecular flexibility index (Phi) is 6.91. The number of hydrogen-bond donors (Lipinski definition) is 3. The predicted octanol–water partition coefficient (Wildman–Crippen LogP) is 2.77. The quantitative estimate of drug-likeness (QED) is 0.677. The smallest absolute Gasteiger partial charge is 0.317 e. The average Bonchev–Trinajstić information content (AvgIpc) is 3.48. The van der Waals surface area contributed by atoms with Crippen LogP contribution in [0.15, 0.2) is 36.7 Å². The van der Waals surface area contributed by atoms with Crippen molar-refractivity contribution in [2.45, 2.75) is 38.7 Å². The van der Waals surface area contributed by atoms with Crippen LogP contribution in [0.3, 0.4) is 0 Å². The third-order valence-corrected chi connectivity index (χ3v) is 3.89. The molecule has 1 aliphatic carbocycles. The SMILES string of the molecule is CC.O=C(NNC(=O)C(F)F)c1cnc(NC2(c3cccc(F)c3)CC2)nc1. The van der Waals surface area contributed by atoms with Gasteiger partial charge in [-0.25, -0.2) is 14.4 Å². The number of hydrazine groups is 1. The number of benzene rings is 1. The topological polar surface area (TPSA) is 96.0 Å². The number of anilines is 1. The maximum atomic E-state index is 13.4. The van der Waals surface area contributed by atoms with Gasteiger partial charge in [-0.05, 0) is 30.5 Å². The summed E-state index contributed by atoms with van der Waals surface area (Å²) in [5.74, 6) is -2.56. The molecular formula is C18H20F3N5O2. The monoisotopic (exact) mass is 395 g/mol. The van der Waals surface area contributed by atoms with Crippen molar-refractivity contribution in [1.29, 1.82) is 0 Å². The molecule has 0 aliphatic heterocycles. The third-order valence-electron chi connectivity index (χ3n) is 3.89. The molecule has 0 atom stereocenters. The van der Waals surface area contributed by atoms with Crippen molar-refractivity contribution in [1.82, 2.24) is 20.8 Å². The Bertz CT molecular complexity index is 826. The molecule has 0 unspecified atom stereocenters. The number of aromatic nitrogens is 2. The molecule has 2 aromatic rings. The van der Waals surface area contributed by atoms with E-state index in [-0.39, 0.29) is 17.3 Å². The van der Waals surface area contributed by atoms with Gasteiger partial charge in [0.15, 0.2) is 0 Å². The van der Waals surface area contributed by atoms with Crippen molar-refractivity contribution in [3.05, 3.63) is 53.6 Å². The molecule has 0 bridgehead atoms. The molecule has 1 fully saturated rings. The first-order valence-electron chi connectivity index (χ1n) is 8.64. The van der Waals surface area contributed by atoms with Crippen molar-refractivity contribution in [2.75, 3.05) is 5.32 Å². The minimum atomic E-state index is -3.24. The first-order valence-corrected chi connectivity index (χ1v) is 8.64. The molecule has 3 N–H and O–H groups in total. The number of carbonyl (C=O) groups excluding carboxylic acids is 2. The van der Waals surface area contributed by atoms with Gasteiger partial charge in [0.05, 0.1) is 11.1 Å². The highest BCUT2D eigenvalue weighted by Crippen LogP contribution is 2.47. The van der Waals surface area contributed by atoms with E-state index in [1.54, 1.807) is 17.6 Å². The lowest BCUT2D eigenvalue weighted by Crippen LogP contribution is -2.44. The largest absolute Gasteiger partial charge is 0.345 e. The molecule has 28 heavy (non-hydrogen) atoms. The van der Waals surface area contributed by atoms with Crippen LogP contribution in [0.25, 0.3) is 0 Å². The van der Waals surface area contributed by atoms with Crippen molar-refractivity contribution in [2.24, 2.45) is 0 Å². The standard InChI is InChI=1S/C16H14F3N5O2.C2H6/c17-11-3-1-2-10(6-11)16(4-5-16)22-15-20-7-9(8-21-15)13(25)23-24-14(26)12(18)19;1-2/h1-3,6-8,12H,4-5H2,(H,23,25)(H,24,26)(H,20,21,22);1-2H3. The van der Waals surface area contributed by atoms with Crippen LogP contribution in [-0.2, 0) is 10.3 Å². The second-order valence-corrected chi connectivity index (χ2v) is 5.76. The van der Waals surface area contributed by atoms with Crippen molar-refractivity contribution in [3.8, 4) is 0 Å². The van der Waals surface area contributed by atoms with Crippen LogP contribution in [0.5, 0.6) is 0 Å². The molecular weight excluding hydrogens is 375 g/mol. The number of halogens is 3. The summed E-state index contributed by atoms with van der Waals surface area (Å²) in [5.41, 5.74) is 3.71.